The summed E-state index contributed by atoms with van der Waals surface area (Å²) in [6.07, 6.45) is 2.61. The zero-order valence-corrected chi connectivity index (χ0v) is 12.1. The predicted molar refractivity (Wildman–Crippen MR) is 86.8 cm³/mol. The van der Waals surface area contributed by atoms with E-state index in [9.17, 15) is 9.59 Å². The number of imide groups is 1. The lowest BCUT2D eigenvalue weighted by Gasteiger charge is -2.14. The van der Waals surface area contributed by atoms with Gasteiger partial charge in [-0.25, -0.2) is 4.90 Å². The Morgan fingerprint density at radius 3 is 2.27 bits per heavy atom. The van der Waals surface area contributed by atoms with Crippen molar-refractivity contribution in [3.63, 3.8) is 0 Å². The molecule has 0 atom stereocenters. The maximum absolute atomic E-state index is 11.9. The summed E-state index contributed by atoms with van der Waals surface area (Å²) in [7, 11) is 0. The number of benzene rings is 2. The number of carbonyl (C=O) groups excluding carboxylic acids is 2. The molecule has 2 amide bonds. The van der Waals surface area contributed by atoms with Gasteiger partial charge in [0.25, 0.3) is 11.8 Å². The minimum atomic E-state index is -0.288. The van der Waals surface area contributed by atoms with E-state index in [1.165, 1.54) is 17.1 Å². The molecule has 0 bridgehead atoms. The molecule has 108 valence electrons. The Balaban J connectivity index is 2.00. The Morgan fingerprint density at radius 1 is 0.864 bits per heavy atom. The van der Waals surface area contributed by atoms with Crippen molar-refractivity contribution in [3.05, 3.63) is 54.6 Å². The van der Waals surface area contributed by atoms with Crippen molar-refractivity contribution in [1.29, 1.82) is 0 Å². The normalized spacial score (nSPS) is 14.7. The minimum absolute atomic E-state index is 0.288. The molecule has 0 saturated heterocycles. The first kappa shape index (κ1) is 12.8. The van der Waals surface area contributed by atoms with E-state index in [-0.39, 0.29) is 11.8 Å². The highest BCUT2D eigenvalue weighted by atomic mass is 16.2. The number of rotatable bonds is 2. The maximum atomic E-state index is 11.9. The fraction of sp³-hybridized carbons (Fsp3) is 0.111. The Bertz CT molecular complexity index is 948. The zero-order valence-electron chi connectivity index (χ0n) is 12.1. The van der Waals surface area contributed by atoms with Gasteiger partial charge < -0.3 is 4.57 Å². The van der Waals surface area contributed by atoms with Crippen LogP contribution >= 0.6 is 0 Å². The van der Waals surface area contributed by atoms with Crippen molar-refractivity contribution >= 4 is 39.3 Å². The van der Waals surface area contributed by atoms with Crippen LogP contribution in [0, 0.1) is 0 Å². The second-order valence-corrected chi connectivity index (χ2v) is 5.31. The number of amides is 2. The van der Waals surface area contributed by atoms with Gasteiger partial charge in [0.2, 0.25) is 0 Å². The first-order valence-corrected chi connectivity index (χ1v) is 7.28. The Kier molecular flexibility index (Phi) is 2.66. The van der Waals surface area contributed by atoms with E-state index in [2.05, 4.69) is 23.6 Å². The van der Waals surface area contributed by atoms with Crippen LogP contribution in [0.1, 0.15) is 6.92 Å². The van der Waals surface area contributed by atoms with Crippen LogP contribution in [0.15, 0.2) is 54.6 Å². The van der Waals surface area contributed by atoms with E-state index in [0.717, 1.165) is 28.4 Å². The second kappa shape index (κ2) is 4.56. The molecule has 2 aromatic carbocycles. The number of fused-ring (bicyclic) bond motifs is 3. The van der Waals surface area contributed by atoms with E-state index in [1.807, 2.05) is 30.3 Å². The number of nitrogens with zero attached hydrogens (tertiary/aromatic N) is 2. The molecular formula is C18H14N2O2. The third-order valence-electron chi connectivity index (χ3n) is 4.14. The highest BCUT2D eigenvalue weighted by molar-refractivity contribution is 6.28. The van der Waals surface area contributed by atoms with Crippen LogP contribution in [0.2, 0.25) is 0 Å². The molecule has 1 aliphatic rings. The minimum Gasteiger partial charge on any atom is -0.341 e. The lowest BCUT2D eigenvalue weighted by Crippen LogP contribution is -2.29. The summed E-state index contributed by atoms with van der Waals surface area (Å²) in [5, 5.41) is 2.19. The topological polar surface area (TPSA) is 42.3 Å². The quantitative estimate of drug-likeness (QED) is 0.680. The number of anilines is 1. The summed E-state index contributed by atoms with van der Waals surface area (Å²) in [5.41, 5.74) is 2.89. The largest absolute Gasteiger partial charge is 0.341 e. The van der Waals surface area contributed by atoms with Crippen LogP contribution in [-0.2, 0) is 16.1 Å². The monoisotopic (exact) mass is 290 g/mol. The van der Waals surface area contributed by atoms with E-state index >= 15 is 0 Å². The smallest absolute Gasteiger partial charge is 0.258 e. The molecule has 0 unspecified atom stereocenters. The first-order chi connectivity index (χ1) is 10.7. The standard InChI is InChI=1S/C18H14N2O2/c1-2-19-15-6-4-3-5-13(15)14-11-12(7-8-16(14)19)20-17(21)9-10-18(20)22/h3-11H,2H2,1H3. The van der Waals surface area contributed by atoms with Crippen LogP contribution in [0.4, 0.5) is 5.69 Å². The van der Waals surface area contributed by atoms with Crippen molar-refractivity contribution in [2.75, 3.05) is 4.90 Å². The molecular weight excluding hydrogens is 276 g/mol. The van der Waals surface area contributed by atoms with Gasteiger partial charge in [-0.2, -0.15) is 0 Å². The third kappa shape index (κ3) is 1.64. The summed E-state index contributed by atoms with van der Waals surface area (Å²) in [4.78, 5) is 24.9. The number of hydrogen-bond donors (Lipinski definition) is 0. The van der Waals surface area contributed by atoms with Crippen molar-refractivity contribution < 1.29 is 9.59 Å². The number of aromatic nitrogens is 1. The number of para-hydroxylation sites is 1. The molecule has 4 rings (SSSR count). The fourth-order valence-corrected chi connectivity index (χ4v) is 3.18. The van der Waals surface area contributed by atoms with Gasteiger partial charge >= 0.3 is 0 Å². The Morgan fingerprint density at radius 2 is 1.55 bits per heavy atom. The van der Waals surface area contributed by atoms with Crippen molar-refractivity contribution in [1.82, 2.24) is 4.57 Å². The van der Waals surface area contributed by atoms with Crippen LogP contribution in [-0.4, -0.2) is 16.4 Å². The molecule has 0 saturated carbocycles. The summed E-state index contributed by atoms with van der Waals surface area (Å²) in [5.74, 6) is -0.577. The van der Waals surface area contributed by atoms with Gasteiger partial charge in [0.15, 0.2) is 0 Å². The molecule has 0 N–H and O–H groups in total. The van der Waals surface area contributed by atoms with Gasteiger partial charge in [0.1, 0.15) is 0 Å². The van der Waals surface area contributed by atoms with Crippen molar-refractivity contribution in [2.45, 2.75) is 13.5 Å². The molecule has 3 aromatic rings. The highest BCUT2D eigenvalue weighted by Crippen LogP contribution is 2.32. The fourth-order valence-electron chi connectivity index (χ4n) is 3.18. The molecule has 0 aliphatic carbocycles. The van der Waals surface area contributed by atoms with Crippen molar-refractivity contribution in [3.8, 4) is 0 Å². The lowest BCUT2D eigenvalue weighted by atomic mass is 10.1. The molecule has 0 fully saturated rings. The molecule has 1 aliphatic heterocycles. The van der Waals surface area contributed by atoms with E-state index in [0.29, 0.717) is 5.69 Å². The SMILES string of the molecule is CCn1c2ccccc2c2cc(N3C(=O)C=CC3=O)ccc21. The maximum Gasteiger partial charge on any atom is 0.258 e. The van der Waals surface area contributed by atoms with Crippen LogP contribution in [0.5, 0.6) is 0 Å². The average molecular weight is 290 g/mol. The van der Waals surface area contributed by atoms with Gasteiger partial charge in [-0.05, 0) is 31.2 Å². The van der Waals surface area contributed by atoms with E-state index in [1.54, 1.807) is 0 Å². The van der Waals surface area contributed by atoms with Crippen LogP contribution in [0.3, 0.4) is 0 Å². The van der Waals surface area contributed by atoms with Gasteiger partial charge in [-0.3, -0.25) is 9.59 Å². The van der Waals surface area contributed by atoms with Gasteiger partial charge in [-0.15, -0.1) is 0 Å². The summed E-state index contributed by atoms with van der Waals surface area (Å²) in [6, 6.07) is 13.9. The van der Waals surface area contributed by atoms with E-state index in [4.69, 9.17) is 0 Å². The van der Waals surface area contributed by atoms with Gasteiger partial charge in [0.05, 0.1) is 5.69 Å². The molecule has 2 heterocycles. The molecule has 0 radical (unpaired) electrons. The molecule has 22 heavy (non-hydrogen) atoms. The summed E-state index contributed by atoms with van der Waals surface area (Å²) < 4.78 is 2.24. The molecule has 0 spiro atoms. The lowest BCUT2D eigenvalue weighted by molar-refractivity contribution is -0.119. The summed E-state index contributed by atoms with van der Waals surface area (Å²) in [6.45, 7) is 2.98. The van der Waals surface area contributed by atoms with Crippen LogP contribution < -0.4 is 4.90 Å². The Hall–Kier alpha value is -2.88. The highest BCUT2D eigenvalue weighted by Gasteiger charge is 2.25. The molecule has 4 heteroatoms. The number of carbonyl (C=O) groups is 2. The number of hydrogen-bond acceptors (Lipinski definition) is 2. The Labute approximate surface area is 127 Å². The average Bonchev–Trinajstić information content (AvgIpc) is 3.04. The number of aryl methyl sites for hydroxylation is 1. The van der Waals surface area contributed by atoms with Gasteiger partial charge in [0, 0.05) is 40.5 Å². The third-order valence-corrected chi connectivity index (χ3v) is 4.14. The van der Waals surface area contributed by atoms with Gasteiger partial charge in [-0.1, -0.05) is 18.2 Å². The zero-order chi connectivity index (χ0) is 15.3. The second-order valence-electron chi connectivity index (χ2n) is 5.31. The van der Waals surface area contributed by atoms with Crippen LogP contribution in [0.25, 0.3) is 21.8 Å². The van der Waals surface area contributed by atoms with E-state index < -0.39 is 0 Å². The molecule has 4 nitrogen and oxygen atoms in total. The van der Waals surface area contributed by atoms with Crippen molar-refractivity contribution in [2.24, 2.45) is 0 Å². The summed E-state index contributed by atoms with van der Waals surface area (Å²) >= 11 is 0. The predicted octanol–water partition coefficient (Wildman–Crippen LogP) is 3.24. The molecule has 1 aromatic heterocycles. The first-order valence-electron chi connectivity index (χ1n) is 7.28.